The van der Waals surface area contributed by atoms with Crippen molar-refractivity contribution in [2.24, 2.45) is 0 Å². The van der Waals surface area contributed by atoms with Crippen LogP contribution in [-0.4, -0.2) is 26.7 Å². The summed E-state index contributed by atoms with van der Waals surface area (Å²) in [5.74, 6) is 0. The summed E-state index contributed by atoms with van der Waals surface area (Å²) >= 11 is 0. The van der Waals surface area contributed by atoms with Crippen LogP contribution < -0.4 is 9.72 Å². The van der Waals surface area contributed by atoms with Crippen molar-refractivity contribution < 1.29 is 0 Å². The molecule has 0 saturated carbocycles. The molecule has 2 atom stereocenters. The van der Waals surface area contributed by atoms with E-state index in [1.165, 1.54) is 0 Å². The van der Waals surface area contributed by atoms with Gasteiger partial charge in [-0.1, -0.05) is 0 Å². The Morgan fingerprint density at radius 1 is 1.22 bits per heavy atom. The second-order valence-electron chi connectivity index (χ2n) is 2.89. The van der Waals surface area contributed by atoms with Crippen LogP contribution in [0.1, 0.15) is 0 Å². The molecule has 0 bridgehead atoms. The molecule has 0 radical (unpaired) electrons. The van der Waals surface area contributed by atoms with Gasteiger partial charge in [0.05, 0.1) is 0 Å². The average molecular weight is 184 g/mol. The molecule has 56 valence electrons. The molecule has 0 aromatic heterocycles. The standard InChI is InChI=1S/C4H15N2P3/c1-7-5-8(2)9(3,4)6-7/h5-6,9H,1-4H3. The van der Waals surface area contributed by atoms with Gasteiger partial charge < -0.3 is 0 Å². The van der Waals surface area contributed by atoms with E-state index < -0.39 is 7.10 Å². The Hall–Kier alpha value is 1.21. The molecule has 0 aromatic rings. The van der Waals surface area contributed by atoms with Crippen LogP contribution in [-0.2, 0) is 0 Å². The van der Waals surface area contributed by atoms with Gasteiger partial charge in [-0.15, -0.1) is 0 Å². The Morgan fingerprint density at radius 2 is 1.78 bits per heavy atom. The molecule has 9 heavy (non-hydrogen) atoms. The first-order valence-electron chi connectivity index (χ1n) is 3.04. The molecule has 0 amide bonds. The van der Waals surface area contributed by atoms with Crippen molar-refractivity contribution >= 4 is 23.1 Å². The molecule has 0 spiro atoms. The summed E-state index contributed by atoms with van der Waals surface area (Å²) in [5.41, 5.74) is 0. The predicted molar refractivity (Wildman–Crippen MR) is 52.1 cm³/mol. The SMILES string of the molecule is CP1NP(C)[PH](C)(C)N1. The zero-order chi connectivity index (χ0) is 7.07. The minimum absolute atomic E-state index is 0.00180. The second kappa shape index (κ2) is 2.68. The van der Waals surface area contributed by atoms with Crippen molar-refractivity contribution in [2.75, 3.05) is 26.7 Å². The van der Waals surface area contributed by atoms with Crippen LogP contribution in [0.3, 0.4) is 0 Å². The molecule has 1 fully saturated rings. The normalized spacial score (nSPS) is 44.9. The first-order valence-corrected chi connectivity index (χ1v) is 10.5. The first kappa shape index (κ1) is 8.31. The minimum atomic E-state index is -0.974. The van der Waals surface area contributed by atoms with Crippen molar-refractivity contribution in [1.82, 2.24) is 9.72 Å². The number of hydrogen-bond acceptors (Lipinski definition) is 2. The van der Waals surface area contributed by atoms with Crippen LogP contribution in [0.2, 0.25) is 0 Å². The van der Waals surface area contributed by atoms with Crippen molar-refractivity contribution in [1.29, 1.82) is 0 Å². The van der Waals surface area contributed by atoms with Crippen molar-refractivity contribution in [3.05, 3.63) is 0 Å². The third kappa shape index (κ3) is 1.82. The Balaban J connectivity index is 2.58. The third-order valence-electron chi connectivity index (χ3n) is 1.58. The van der Waals surface area contributed by atoms with Crippen LogP contribution in [0.4, 0.5) is 0 Å². The van der Waals surface area contributed by atoms with Crippen molar-refractivity contribution in [3.63, 3.8) is 0 Å². The van der Waals surface area contributed by atoms with Gasteiger partial charge in [0, 0.05) is 0 Å². The summed E-state index contributed by atoms with van der Waals surface area (Å²) in [6, 6.07) is 0. The summed E-state index contributed by atoms with van der Waals surface area (Å²) in [7, 11) is -0.817. The molecule has 1 aliphatic rings. The van der Waals surface area contributed by atoms with Crippen LogP contribution in [0, 0.1) is 0 Å². The Kier molecular flexibility index (Phi) is 2.48. The predicted octanol–water partition coefficient (Wildman–Crippen LogP) is 1.99. The molecule has 1 saturated heterocycles. The van der Waals surface area contributed by atoms with Gasteiger partial charge >= 0.3 is 59.5 Å². The van der Waals surface area contributed by atoms with E-state index in [0.717, 1.165) is 0 Å². The van der Waals surface area contributed by atoms with Gasteiger partial charge in [-0.25, -0.2) is 0 Å². The molecular weight excluding hydrogens is 169 g/mol. The zero-order valence-corrected chi connectivity index (χ0v) is 9.18. The van der Waals surface area contributed by atoms with Crippen LogP contribution in [0.5, 0.6) is 0 Å². The topological polar surface area (TPSA) is 24.1 Å². The van der Waals surface area contributed by atoms with E-state index in [4.69, 9.17) is 0 Å². The third-order valence-corrected chi connectivity index (χ3v) is 16.0. The molecule has 1 heterocycles. The Labute approximate surface area is 60.1 Å². The van der Waals surface area contributed by atoms with E-state index >= 15 is 0 Å². The van der Waals surface area contributed by atoms with E-state index in [9.17, 15) is 0 Å². The molecule has 1 rings (SSSR count). The Morgan fingerprint density at radius 3 is 1.89 bits per heavy atom. The van der Waals surface area contributed by atoms with Gasteiger partial charge in [-0.2, -0.15) is 0 Å². The van der Waals surface area contributed by atoms with Gasteiger partial charge in [-0.3, -0.25) is 0 Å². The van der Waals surface area contributed by atoms with Gasteiger partial charge in [0.1, 0.15) is 0 Å². The molecule has 5 heteroatoms. The summed E-state index contributed by atoms with van der Waals surface area (Å²) in [6.45, 7) is 9.41. The molecule has 2 N–H and O–H groups in total. The van der Waals surface area contributed by atoms with E-state index in [1.54, 1.807) is 0 Å². The fourth-order valence-corrected chi connectivity index (χ4v) is 14.5. The van der Waals surface area contributed by atoms with Gasteiger partial charge in [0.2, 0.25) is 0 Å². The van der Waals surface area contributed by atoms with Crippen molar-refractivity contribution in [2.45, 2.75) is 0 Å². The molecule has 0 aliphatic carbocycles. The second-order valence-corrected chi connectivity index (χ2v) is 15.3. The average Bonchev–Trinajstić information content (AvgIpc) is 1.79. The summed E-state index contributed by atoms with van der Waals surface area (Å²) in [6.07, 6.45) is 0. The van der Waals surface area contributed by atoms with Gasteiger partial charge in [0.15, 0.2) is 0 Å². The molecule has 2 unspecified atom stereocenters. The van der Waals surface area contributed by atoms with Gasteiger partial charge in [-0.05, 0) is 0 Å². The maximum absolute atomic E-state index is 3.66. The number of nitrogens with one attached hydrogen (secondary N) is 2. The van der Waals surface area contributed by atoms with Crippen LogP contribution >= 0.6 is 23.1 Å². The molecular formula is C4H15N2P3. The number of rotatable bonds is 0. The monoisotopic (exact) mass is 184 g/mol. The molecule has 1 aliphatic heterocycles. The van der Waals surface area contributed by atoms with E-state index in [-0.39, 0.29) is 16.0 Å². The fourth-order valence-electron chi connectivity index (χ4n) is 0.860. The molecule has 0 aromatic carbocycles. The van der Waals surface area contributed by atoms with E-state index in [2.05, 4.69) is 36.4 Å². The van der Waals surface area contributed by atoms with Crippen LogP contribution in [0.15, 0.2) is 0 Å². The number of hydrogen-bond donors (Lipinski definition) is 2. The quantitative estimate of drug-likeness (QED) is 0.562. The zero-order valence-electron chi connectivity index (χ0n) is 6.39. The van der Waals surface area contributed by atoms with Crippen LogP contribution in [0.25, 0.3) is 0 Å². The summed E-state index contributed by atoms with van der Waals surface area (Å²) in [5, 5.41) is 0. The first-order chi connectivity index (χ1) is 4.02. The Bertz CT molecular complexity index is 116. The molecule has 2 nitrogen and oxygen atoms in total. The summed E-state index contributed by atoms with van der Waals surface area (Å²) in [4.78, 5) is 7.25. The maximum atomic E-state index is 3.66. The van der Waals surface area contributed by atoms with Crippen molar-refractivity contribution in [3.8, 4) is 0 Å². The van der Waals surface area contributed by atoms with E-state index in [1.807, 2.05) is 0 Å². The van der Waals surface area contributed by atoms with E-state index in [0.29, 0.717) is 0 Å². The fraction of sp³-hybridized carbons (Fsp3) is 1.00. The summed E-state index contributed by atoms with van der Waals surface area (Å²) < 4.78 is 0. The van der Waals surface area contributed by atoms with Gasteiger partial charge in [0.25, 0.3) is 0 Å².